The van der Waals surface area contributed by atoms with E-state index in [-0.39, 0.29) is 5.43 Å². The van der Waals surface area contributed by atoms with Crippen LogP contribution in [0.25, 0.3) is 28.2 Å². The fraction of sp³-hybridized carbons (Fsp3) is 0.286. The number of aromatic nitrogens is 4. The third-order valence-corrected chi connectivity index (χ3v) is 5.39. The van der Waals surface area contributed by atoms with Crippen LogP contribution in [0.4, 0.5) is 5.82 Å². The van der Waals surface area contributed by atoms with Crippen LogP contribution in [0, 0.1) is 13.8 Å². The van der Waals surface area contributed by atoms with Crippen molar-refractivity contribution < 1.29 is 4.52 Å². The van der Waals surface area contributed by atoms with Crippen LogP contribution in [0.2, 0.25) is 0 Å². The average molecular weight is 390 g/mol. The summed E-state index contributed by atoms with van der Waals surface area (Å²) in [5.41, 5.74) is 4.33. The van der Waals surface area contributed by atoms with Gasteiger partial charge in [-0.05, 0) is 38.9 Å². The van der Waals surface area contributed by atoms with Crippen molar-refractivity contribution in [3.05, 3.63) is 58.3 Å². The first kappa shape index (κ1) is 17.7. The standard InChI is InChI=1S/C21H22N6O2/c1-12-21(13(2)29-26-12)15-11-27-17(10-23-20(27)8-18(15)28)16-4-3-5-19(25-16)24-14-6-7-22-9-14/h3-5,8,10-11,14,22-23H,6-7,9H2,1-2H3,(H,24,25). The summed E-state index contributed by atoms with van der Waals surface area (Å²) in [4.78, 5) is 20.7. The fourth-order valence-electron chi connectivity index (χ4n) is 3.95. The molecular formula is C21H22N6O2. The highest BCUT2D eigenvalue weighted by atomic mass is 16.5. The Morgan fingerprint density at radius 2 is 2.21 bits per heavy atom. The van der Waals surface area contributed by atoms with Crippen molar-refractivity contribution in [2.24, 2.45) is 0 Å². The molecule has 1 saturated heterocycles. The number of aryl methyl sites for hydroxylation is 2. The summed E-state index contributed by atoms with van der Waals surface area (Å²) in [5.74, 6) is 1.48. The molecule has 0 saturated carbocycles. The minimum absolute atomic E-state index is 0.0788. The topological polar surface area (TPSA) is 100 Å². The van der Waals surface area contributed by atoms with Gasteiger partial charge in [0.1, 0.15) is 17.2 Å². The van der Waals surface area contributed by atoms with Crippen molar-refractivity contribution in [1.82, 2.24) is 24.8 Å². The van der Waals surface area contributed by atoms with Crippen molar-refractivity contribution in [1.29, 1.82) is 0 Å². The van der Waals surface area contributed by atoms with Gasteiger partial charge in [0.2, 0.25) is 0 Å². The molecule has 1 fully saturated rings. The summed E-state index contributed by atoms with van der Waals surface area (Å²) in [6.45, 7) is 5.63. The predicted octanol–water partition coefficient (Wildman–Crippen LogP) is 2.74. The van der Waals surface area contributed by atoms with Crippen LogP contribution in [0.15, 0.2) is 46.0 Å². The summed E-state index contributed by atoms with van der Waals surface area (Å²) >= 11 is 0. The number of fused-ring (bicyclic) bond motifs is 1. The van der Waals surface area contributed by atoms with E-state index in [2.05, 4.69) is 20.8 Å². The van der Waals surface area contributed by atoms with Crippen LogP contribution in [0.3, 0.4) is 0 Å². The van der Waals surface area contributed by atoms with Crippen molar-refractivity contribution in [2.75, 3.05) is 18.4 Å². The van der Waals surface area contributed by atoms with Gasteiger partial charge in [0.15, 0.2) is 5.43 Å². The first-order chi connectivity index (χ1) is 14.1. The Morgan fingerprint density at radius 1 is 1.31 bits per heavy atom. The zero-order valence-corrected chi connectivity index (χ0v) is 16.3. The van der Waals surface area contributed by atoms with Gasteiger partial charge in [0, 0.05) is 31.0 Å². The van der Waals surface area contributed by atoms with Crippen molar-refractivity contribution in [3.63, 3.8) is 0 Å². The molecule has 4 aromatic rings. The van der Waals surface area contributed by atoms with Crippen molar-refractivity contribution in [3.8, 4) is 22.5 Å². The van der Waals surface area contributed by atoms with Gasteiger partial charge in [0.05, 0.1) is 28.2 Å². The molecule has 8 nitrogen and oxygen atoms in total. The van der Waals surface area contributed by atoms with E-state index in [9.17, 15) is 4.79 Å². The maximum absolute atomic E-state index is 12.7. The molecule has 0 aliphatic carbocycles. The van der Waals surface area contributed by atoms with Crippen LogP contribution < -0.4 is 16.1 Å². The van der Waals surface area contributed by atoms with Gasteiger partial charge >= 0.3 is 0 Å². The van der Waals surface area contributed by atoms with Gasteiger partial charge in [-0.3, -0.25) is 9.20 Å². The van der Waals surface area contributed by atoms with E-state index in [4.69, 9.17) is 9.51 Å². The molecule has 5 heterocycles. The largest absolute Gasteiger partial charge is 0.366 e. The van der Waals surface area contributed by atoms with Gasteiger partial charge in [-0.1, -0.05) is 11.2 Å². The number of imidazole rings is 1. The van der Waals surface area contributed by atoms with Crippen LogP contribution in [-0.4, -0.2) is 38.7 Å². The quantitative estimate of drug-likeness (QED) is 0.495. The number of rotatable bonds is 4. The summed E-state index contributed by atoms with van der Waals surface area (Å²) in [6, 6.07) is 7.92. The maximum Gasteiger partial charge on any atom is 0.191 e. The fourth-order valence-corrected chi connectivity index (χ4v) is 3.95. The monoisotopic (exact) mass is 390 g/mol. The minimum atomic E-state index is -0.0788. The number of pyridine rings is 2. The molecule has 3 N–H and O–H groups in total. The molecule has 0 amide bonds. The molecule has 29 heavy (non-hydrogen) atoms. The Morgan fingerprint density at radius 3 is 2.97 bits per heavy atom. The van der Waals surface area contributed by atoms with Gasteiger partial charge in [-0.25, -0.2) is 4.98 Å². The molecular weight excluding hydrogens is 368 g/mol. The zero-order chi connectivity index (χ0) is 20.0. The Labute approximate surface area is 167 Å². The third-order valence-electron chi connectivity index (χ3n) is 5.39. The van der Waals surface area contributed by atoms with Gasteiger partial charge in [-0.2, -0.15) is 0 Å². The number of nitrogens with one attached hydrogen (secondary N) is 3. The molecule has 148 valence electrons. The van der Waals surface area contributed by atoms with E-state index in [1.54, 1.807) is 6.07 Å². The number of H-pyrrole nitrogens is 1. The summed E-state index contributed by atoms with van der Waals surface area (Å²) in [7, 11) is 0. The third kappa shape index (κ3) is 3.11. The molecule has 8 heteroatoms. The molecule has 0 bridgehead atoms. The van der Waals surface area contributed by atoms with Crippen LogP contribution in [0.1, 0.15) is 17.9 Å². The van der Waals surface area contributed by atoms with Crippen molar-refractivity contribution >= 4 is 11.5 Å². The van der Waals surface area contributed by atoms with Crippen LogP contribution >= 0.6 is 0 Å². The highest BCUT2D eigenvalue weighted by molar-refractivity contribution is 5.70. The lowest BCUT2D eigenvalue weighted by Gasteiger charge is -2.13. The van der Waals surface area contributed by atoms with Gasteiger partial charge < -0.3 is 20.1 Å². The lowest BCUT2D eigenvalue weighted by molar-refractivity contribution is 0.393. The minimum Gasteiger partial charge on any atom is -0.366 e. The SMILES string of the molecule is Cc1noc(C)c1-c1cn2c(-c3cccc(NC4CCNC4)n3)c[nH]c2cc1=O. The number of hydrogen-bond donors (Lipinski definition) is 3. The zero-order valence-electron chi connectivity index (χ0n) is 16.3. The molecule has 1 unspecified atom stereocenters. The Hall–Kier alpha value is -3.39. The van der Waals surface area contributed by atoms with E-state index in [0.29, 0.717) is 28.7 Å². The molecule has 5 rings (SSSR count). The first-order valence-electron chi connectivity index (χ1n) is 9.72. The first-order valence-corrected chi connectivity index (χ1v) is 9.72. The molecule has 4 aromatic heterocycles. The summed E-state index contributed by atoms with van der Waals surface area (Å²) < 4.78 is 7.21. The Kier molecular flexibility index (Phi) is 4.21. The van der Waals surface area contributed by atoms with Crippen LogP contribution in [-0.2, 0) is 0 Å². The second-order valence-electron chi connectivity index (χ2n) is 7.42. The lowest BCUT2D eigenvalue weighted by atomic mass is 10.1. The molecule has 0 spiro atoms. The Bertz CT molecular complexity index is 1230. The van der Waals surface area contributed by atoms with Crippen LogP contribution in [0.5, 0.6) is 0 Å². The number of anilines is 1. The smallest absolute Gasteiger partial charge is 0.191 e. The lowest BCUT2D eigenvalue weighted by Crippen LogP contribution is -2.22. The Balaban J connectivity index is 1.59. The second-order valence-corrected chi connectivity index (χ2v) is 7.42. The van der Waals surface area contributed by atoms with E-state index in [0.717, 1.165) is 42.3 Å². The van der Waals surface area contributed by atoms with Gasteiger partial charge in [0.25, 0.3) is 0 Å². The summed E-state index contributed by atoms with van der Waals surface area (Å²) in [5, 5.41) is 10.8. The van der Waals surface area contributed by atoms with E-state index in [1.165, 1.54) is 0 Å². The van der Waals surface area contributed by atoms with E-state index < -0.39 is 0 Å². The number of nitrogens with zero attached hydrogens (tertiary/aromatic N) is 3. The van der Waals surface area contributed by atoms with E-state index >= 15 is 0 Å². The average Bonchev–Trinajstić information content (AvgIpc) is 3.43. The number of aromatic amines is 1. The molecule has 1 aliphatic rings. The van der Waals surface area contributed by atoms with Gasteiger partial charge in [-0.15, -0.1) is 0 Å². The van der Waals surface area contributed by atoms with Crippen molar-refractivity contribution in [2.45, 2.75) is 26.3 Å². The molecule has 0 aromatic carbocycles. The molecule has 1 aliphatic heterocycles. The predicted molar refractivity (Wildman–Crippen MR) is 111 cm³/mol. The normalized spacial score (nSPS) is 16.6. The van der Waals surface area contributed by atoms with E-state index in [1.807, 2.05) is 48.8 Å². The molecule has 0 radical (unpaired) electrons. The highest BCUT2D eigenvalue weighted by Crippen LogP contribution is 2.27. The number of hydrogen-bond acceptors (Lipinski definition) is 6. The summed E-state index contributed by atoms with van der Waals surface area (Å²) in [6.07, 6.45) is 4.79. The highest BCUT2D eigenvalue weighted by Gasteiger charge is 2.18. The maximum atomic E-state index is 12.7. The second kappa shape index (κ2) is 6.89. The molecule has 1 atom stereocenters.